The van der Waals surface area contributed by atoms with E-state index in [9.17, 15) is 9.50 Å². The van der Waals surface area contributed by atoms with Crippen LogP contribution in [0.4, 0.5) is 4.39 Å². The van der Waals surface area contributed by atoms with Gasteiger partial charge in [-0.1, -0.05) is 47.5 Å². The van der Waals surface area contributed by atoms with Crippen molar-refractivity contribution in [2.24, 2.45) is 0 Å². The molecule has 2 rings (SSSR count). The summed E-state index contributed by atoms with van der Waals surface area (Å²) in [7, 11) is 0. The van der Waals surface area contributed by atoms with Gasteiger partial charge in [0.15, 0.2) is 0 Å². The predicted octanol–water partition coefficient (Wildman–Crippen LogP) is 3.61. The highest BCUT2D eigenvalue weighted by Crippen LogP contribution is 2.20. The summed E-state index contributed by atoms with van der Waals surface area (Å²) in [5.41, 5.74) is 3.00. The highest BCUT2D eigenvalue weighted by Gasteiger charge is 2.12. The minimum Gasteiger partial charge on any atom is -0.394 e. The third kappa shape index (κ3) is 3.79. The number of aryl methyl sites for hydroxylation is 1. The van der Waals surface area contributed by atoms with Crippen LogP contribution in [0.5, 0.6) is 0 Å². The molecule has 0 saturated carbocycles. The molecule has 2 N–H and O–H groups in total. The topological polar surface area (TPSA) is 32.3 Å². The van der Waals surface area contributed by atoms with Crippen LogP contribution in [-0.4, -0.2) is 11.7 Å². The zero-order valence-electron chi connectivity index (χ0n) is 11.2. The summed E-state index contributed by atoms with van der Waals surface area (Å²) in [4.78, 5) is 0. The van der Waals surface area contributed by atoms with Gasteiger partial charge in [0, 0.05) is 6.54 Å². The molecule has 4 heteroatoms. The van der Waals surface area contributed by atoms with Crippen molar-refractivity contribution in [1.29, 1.82) is 0 Å². The maximum Gasteiger partial charge on any atom is 0.142 e. The first-order chi connectivity index (χ1) is 9.60. The van der Waals surface area contributed by atoms with Gasteiger partial charge in [0.2, 0.25) is 0 Å². The van der Waals surface area contributed by atoms with E-state index >= 15 is 0 Å². The van der Waals surface area contributed by atoms with E-state index in [1.165, 1.54) is 17.7 Å². The first-order valence-corrected chi connectivity index (χ1v) is 6.82. The lowest BCUT2D eigenvalue weighted by atomic mass is 10.1. The van der Waals surface area contributed by atoms with Crippen molar-refractivity contribution in [2.75, 3.05) is 6.61 Å². The van der Waals surface area contributed by atoms with Crippen molar-refractivity contribution in [3.05, 3.63) is 70.0 Å². The molecule has 0 aromatic heterocycles. The zero-order valence-corrected chi connectivity index (χ0v) is 12.0. The van der Waals surface area contributed by atoms with Crippen LogP contribution in [0.1, 0.15) is 22.7 Å². The maximum absolute atomic E-state index is 13.4. The fourth-order valence-electron chi connectivity index (χ4n) is 1.96. The predicted molar refractivity (Wildman–Crippen MR) is 79.3 cm³/mol. The minimum absolute atomic E-state index is 0.0870. The van der Waals surface area contributed by atoms with Gasteiger partial charge in [-0.05, 0) is 30.2 Å². The molecule has 0 spiro atoms. The summed E-state index contributed by atoms with van der Waals surface area (Å²) in [5.74, 6) is -0.472. The molecule has 20 heavy (non-hydrogen) atoms. The third-order valence-electron chi connectivity index (χ3n) is 3.20. The number of rotatable bonds is 5. The molecule has 106 valence electrons. The molecule has 0 amide bonds. The molecule has 0 fully saturated rings. The molecule has 0 radical (unpaired) electrons. The van der Waals surface area contributed by atoms with E-state index in [0.717, 1.165) is 5.56 Å². The number of halogens is 2. The Morgan fingerprint density at radius 2 is 1.90 bits per heavy atom. The van der Waals surface area contributed by atoms with Gasteiger partial charge in [0.25, 0.3) is 0 Å². The average molecular weight is 294 g/mol. The van der Waals surface area contributed by atoms with E-state index in [2.05, 4.69) is 5.32 Å². The lowest BCUT2D eigenvalue weighted by Gasteiger charge is -2.17. The first-order valence-electron chi connectivity index (χ1n) is 6.45. The van der Waals surface area contributed by atoms with E-state index in [1.54, 1.807) is 6.07 Å². The Morgan fingerprint density at radius 3 is 2.50 bits per heavy atom. The van der Waals surface area contributed by atoms with Gasteiger partial charge in [-0.3, -0.25) is 0 Å². The van der Waals surface area contributed by atoms with Gasteiger partial charge in [-0.2, -0.15) is 0 Å². The molecule has 0 aliphatic rings. The molecular formula is C16H17ClFNO. The van der Waals surface area contributed by atoms with Crippen LogP contribution in [-0.2, 0) is 6.54 Å². The van der Waals surface area contributed by atoms with E-state index in [-0.39, 0.29) is 17.7 Å². The van der Waals surface area contributed by atoms with Crippen molar-refractivity contribution >= 4 is 11.6 Å². The van der Waals surface area contributed by atoms with Crippen molar-refractivity contribution in [1.82, 2.24) is 5.32 Å². The Morgan fingerprint density at radius 1 is 1.20 bits per heavy atom. The van der Waals surface area contributed by atoms with Gasteiger partial charge in [-0.15, -0.1) is 0 Å². The lowest BCUT2D eigenvalue weighted by molar-refractivity contribution is 0.243. The molecule has 2 aromatic carbocycles. The second-order valence-corrected chi connectivity index (χ2v) is 5.18. The third-order valence-corrected chi connectivity index (χ3v) is 3.51. The molecular weight excluding hydrogens is 277 g/mol. The Labute approximate surface area is 123 Å². The Balaban J connectivity index is 2.05. The maximum atomic E-state index is 13.4. The largest absolute Gasteiger partial charge is 0.394 e. The summed E-state index contributed by atoms with van der Waals surface area (Å²) >= 11 is 5.66. The molecule has 2 nitrogen and oxygen atoms in total. The number of nitrogens with one attached hydrogen (secondary N) is 1. The van der Waals surface area contributed by atoms with Crippen LogP contribution in [0, 0.1) is 12.7 Å². The Kier molecular flexibility index (Phi) is 5.12. The van der Waals surface area contributed by atoms with Crippen LogP contribution in [0.15, 0.2) is 42.5 Å². The van der Waals surface area contributed by atoms with E-state index in [1.807, 2.05) is 31.2 Å². The molecule has 2 aromatic rings. The summed E-state index contributed by atoms with van der Waals surface area (Å²) < 4.78 is 13.4. The van der Waals surface area contributed by atoms with Crippen molar-refractivity contribution in [3.8, 4) is 0 Å². The summed E-state index contributed by atoms with van der Waals surface area (Å²) in [6.45, 7) is 2.53. The normalized spacial score (nSPS) is 12.4. The van der Waals surface area contributed by atoms with Gasteiger partial charge < -0.3 is 10.4 Å². The number of aliphatic hydroxyl groups excluding tert-OH is 1. The highest BCUT2D eigenvalue weighted by molar-refractivity contribution is 6.30. The van der Waals surface area contributed by atoms with Crippen LogP contribution < -0.4 is 5.32 Å². The van der Waals surface area contributed by atoms with Crippen LogP contribution in [0.3, 0.4) is 0 Å². The quantitative estimate of drug-likeness (QED) is 0.882. The summed E-state index contributed by atoms with van der Waals surface area (Å²) in [5, 5.41) is 12.7. The van der Waals surface area contributed by atoms with Crippen LogP contribution in [0.2, 0.25) is 5.02 Å². The molecule has 0 bridgehead atoms. The SMILES string of the molecule is Cc1ccc(CNC(CO)c2ccc(Cl)c(F)c2)cc1. The number of hydrogen-bond acceptors (Lipinski definition) is 2. The second-order valence-electron chi connectivity index (χ2n) is 4.78. The number of aliphatic hydroxyl groups is 1. The molecule has 0 aliphatic carbocycles. The van der Waals surface area contributed by atoms with Gasteiger partial charge in [-0.25, -0.2) is 4.39 Å². The number of hydrogen-bond donors (Lipinski definition) is 2. The second kappa shape index (κ2) is 6.84. The van der Waals surface area contributed by atoms with E-state index in [4.69, 9.17) is 11.6 Å². The smallest absolute Gasteiger partial charge is 0.142 e. The minimum atomic E-state index is -0.472. The molecule has 1 unspecified atom stereocenters. The van der Waals surface area contributed by atoms with Crippen molar-refractivity contribution in [3.63, 3.8) is 0 Å². The summed E-state index contributed by atoms with van der Waals surface area (Å²) in [6, 6.07) is 12.4. The first kappa shape index (κ1) is 15.0. The molecule has 1 atom stereocenters. The van der Waals surface area contributed by atoms with Gasteiger partial charge in [0.05, 0.1) is 17.7 Å². The zero-order chi connectivity index (χ0) is 14.5. The monoisotopic (exact) mass is 293 g/mol. The van der Waals surface area contributed by atoms with Crippen LogP contribution >= 0.6 is 11.6 Å². The average Bonchev–Trinajstić information content (AvgIpc) is 2.45. The molecule has 0 aliphatic heterocycles. The fourth-order valence-corrected chi connectivity index (χ4v) is 2.08. The van der Waals surface area contributed by atoms with E-state index < -0.39 is 5.82 Å². The molecule has 0 heterocycles. The van der Waals surface area contributed by atoms with Gasteiger partial charge in [0.1, 0.15) is 5.82 Å². The lowest BCUT2D eigenvalue weighted by Crippen LogP contribution is -2.24. The van der Waals surface area contributed by atoms with Crippen molar-refractivity contribution < 1.29 is 9.50 Å². The molecule has 0 saturated heterocycles. The van der Waals surface area contributed by atoms with Crippen molar-refractivity contribution in [2.45, 2.75) is 19.5 Å². The van der Waals surface area contributed by atoms with Crippen LogP contribution in [0.25, 0.3) is 0 Å². The standard InChI is InChI=1S/C16H17ClFNO/c1-11-2-4-12(5-3-11)9-19-16(10-20)13-6-7-14(17)15(18)8-13/h2-8,16,19-20H,9-10H2,1H3. The van der Waals surface area contributed by atoms with E-state index in [0.29, 0.717) is 12.1 Å². The Bertz CT molecular complexity index is 571. The fraction of sp³-hybridized carbons (Fsp3) is 0.250. The Hall–Kier alpha value is -1.42. The van der Waals surface area contributed by atoms with Gasteiger partial charge >= 0.3 is 0 Å². The summed E-state index contributed by atoms with van der Waals surface area (Å²) in [6.07, 6.45) is 0. The highest BCUT2D eigenvalue weighted by atomic mass is 35.5. The number of benzene rings is 2.